The molecule has 8 heteroatoms. The van der Waals surface area contributed by atoms with Crippen molar-refractivity contribution in [2.45, 2.75) is 11.5 Å². The highest BCUT2D eigenvalue weighted by Crippen LogP contribution is 2.24. The average molecular weight is 550 g/mol. The molecule has 162 valence electrons. The Hall–Kier alpha value is -2.43. The van der Waals surface area contributed by atoms with Crippen LogP contribution in [-0.2, 0) is 26.2 Å². The minimum absolute atomic E-state index is 0.132. The minimum Gasteiger partial charge on any atom is -0.375 e. The Balaban J connectivity index is 1.63. The largest absolute Gasteiger partial charge is 0.375 e. The van der Waals surface area contributed by atoms with Gasteiger partial charge in [0, 0.05) is 10.1 Å². The molecule has 3 aromatic carbocycles. The first-order valence-corrected chi connectivity index (χ1v) is 12.2. The minimum atomic E-state index is -3.89. The first-order valence-electron chi connectivity index (χ1n) is 9.68. The molecule has 3 rings (SSSR count). The SMILES string of the molecule is O=C(CN(c1ccc(I)cc1)S(=O)(=O)c1ccccc1)NCCOCc1ccccc1. The summed E-state index contributed by atoms with van der Waals surface area (Å²) >= 11 is 2.15. The summed E-state index contributed by atoms with van der Waals surface area (Å²) < 4.78 is 34.1. The quantitative estimate of drug-likeness (QED) is 0.308. The molecular weight excluding hydrogens is 527 g/mol. The number of ether oxygens (including phenoxy) is 1. The normalized spacial score (nSPS) is 11.1. The van der Waals surface area contributed by atoms with E-state index in [1.54, 1.807) is 42.5 Å². The van der Waals surface area contributed by atoms with E-state index in [4.69, 9.17) is 4.74 Å². The number of nitrogens with one attached hydrogen (secondary N) is 1. The van der Waals surface area contributed by atoms with E-state index in [0.29, 0.717) is 18.9 Å². The molecule has 0 spiro atoms. The molecule has 0 saturated heterocycles. The van der Waals surface area contributed by atoms with Gasteiger partial charge in [0.05, 0.1) is 23.8 Å². The number of hydrogen-bond donors (Lipinski definition) is 1. The van der Waals surface area contributed by atoms with Crippen LogP contribution in [0.4, 0.5) is 5.69 Å². The molecule has 31 heavy (non-hydrogen) atoms. The molecule has 0 atom stereocenters. The van der Waals surface area contributed by atoms with Crippen LogP contribution < -0.4 is 9.62 Å². The van der Waals surface area contributed by atoms with Gasteiger partial charge in [0.1, 0.15) is 6.54 Å². The fourth-order valence-corrected chi connectivity index (χ4v) is 4.66. The summed E-state index contributed by atoms with van der Waals surface area (Å²) in [5, 5.41) is 2.73. The number of carbonyl (C=O) groups excluding carboxylic acids is 1. The van der Waals surface area contributed by atoms with Crippen LogP contribution >= 0.6 is 22.6 Å². The Bertz CT molecular complexity index is 1080. The Morgan fingerprint density at radius 1 is 0.903 bits per heavy atom. The van der Waals surface area contributed by atoms with Crippen LogP contribution in [0.5, 0.6) is 0 Å². The Morgan fingerprint density at radius 2 is 1.52 bits per heavy atom. The number of nitrogens with zero attached hydrogens (tertiary/aromatic N) is 1. The van der Waals surface area contributed by atoms with Gasteiger partial charge in [-0.25, -0.2) is 8.42 Å². The number of carbonyl (C=O) groups is 1. The molecule has 0 aromatic heterocycles. The fraction of sp³-hybridized carbons (Fsp3) is 0.174. The first-order chi connectivity index (χ1) is 15.0. The van der Waals surface area contributed by atoms with Crippen molar-refractivity contribution >= 4 is 44.2 Å². The van der Waals surface area contributed by atoms with Crippen molar-refractivity contribution in [3.63, 3.8) is 0 Å². The van der Waals surface area contributed by atoms with Crippen molar-refractivity contribution in [3.05, 3.63) is 94.1 Å². The first kappa shape index (κ1) is 23.2. The van der Waals surface area contributed by atoms with Crippen LogP contribution in [0.3, 0.4) is 0 Å². The number of rotatable bonds is 10. The summed E-state index contributed by atoms with van der Waals surface area (Å²) in [5.74, 6) is -0.402. The number of sulfonamides is 1. The fourth-order valence-electron chi connectivity index (χ4n) is 2.86. The van der Waals surface area contributed by atoms with Gasteiger partial charge in [-0.05, 0) is 64.6 Å². The Morgan fingerprint density at radius 3 is 2.16 bits per heavy atom. The van der Waals surface area contributed by atoms with Crippen molar-refractivity contribution in [2.24, 2.45) is 0 Å². The van der Waals surface area contributed by atoms with Gasteiger partial charge in [0.2, 0.25) is 5.91 Å². The van der Waals surface area contributed by atoms with Crippen molar-refractivity contribution in [1.82, 2.24) is 5.32 Å². The van der Waals surface area contributed by atoms with Gasteiger partial charge in [-0.1, -0.05) is 48.5 Å². The average Bonchev–Trinajstić information content (AvgIpc) is 2.79. The molecule has 0 unspecified atom stereocenters. The monoisotopic (exact) mass is 550 g/mol. The molecule has 0 saturated carbocycles. The second kappa shape index (κ2) is 11.3. The van der Waals surface area contributed by atoms with Gasteiger partial charge >= 0.3 is 0 Å². The van der Waals surface area contributed by atoms with Gasteiger partial charge < -0.3 is 10.1 Å². The molecule has 1 amide bonds. The summed E-state index contributed by atoms with van der Waals surface area (Å²) in [7, 11) is -3.89. The predicted octanol–water partition coefficient (Wildman–Crippen LogP) is 3.82. The van der Waals surface area contributed by atoms with Crippen LogP contribution in [-0.4, -0.2) is 34.0 Å². The van der Waals surface area contributed by atoms with Crippen molar-refractivity contribution in [3.8, 4) is 0 Å². The number of benzene rings is 3. The maximum absolute atomic E-state index is 13.2. The summed E-state index contributed by atoms with van der Waals surface area (Å²) in [4.78, 5) is 12.7. The lowest BCUT2D eigenvalue weighted by molar-refractivity contribution is -0.119. The maximum Gasteiger partial charge on any atom is 0.264 e. The lowest BCUT2D eigenvalue weighted by Gasteiger charge is -2.24. The van der Waals surface area contributed by atoms with E-state index in [2.05, 4.69) is 27.9 Å². The van der Waals surface area contributed by atoms with E-state index in [9.17, 15) is 13.2 Å². The lowest BCUT2D eigenvalue weighted by atomic mass is 10.2. The van der Waals surface area contributed by atoms with Gasteiger partial charge in [-0.15, -0.1) is 0 Å². The third kappa shape index (κ3) is 6.78. The summed E-state index contributed by atoms with van der Waals surface area (Å²) in [6, 6.07) is 24.8. The molecule has 0 radical (unpaired) electrons. The molecule has 0 aliphatic heterocycles. The van der Waals surface area contributed by atoms with Gasteiger partial charge in [-0.3, -0.25) is 9.10 Å². The summed E-state index contributed by atoms with van der Waals surface area (Å²) in [6.45, 7) is 0.748. The van der Waals surface area contributed by atoms with Gasteiger partial charge in [-0.2, -0.15) is 0 Å². The smallest absolute Gasteiger partial charge is 0.264 e. The van der Waals surface area contributed by atoms with Crippen molar-refractivity contribution in [2.75, 3.05) is 24.0 Å². The van der Waals surface area contributed by atoms with E-state index < -0.39 is 15.9 Å². The topological polar surface area (TPSA) is 75.7 Å². The van der Waals surface area contributed by atoms with Crippen LogP contribution in [0.1, 0.15) is 5.56 Å². The zero-order chi connectivity index (χ0) is 22.1. The number of amides is 1. The van der Waals surface area contributed by atoms with Crippen LogP contribution in [0, 0.1) is 3.57 Å². The van der Waals surface area contributed by atoms with Crippen LogP contribution in [0.15, 0.2) is 89.8 Å². The third-order valence-electron chi connectivity index (χ3n) is 4.41. The molecule has 3 aromatic rings. The van der Waals surface area contributed by atoms with Gasteiger partial charge in [0.25, 0.3) is 10.0 Å². The van der Waals surface area contributed by atoms with E-state index in [0.717, 1.165) is 13.4 Å². The number of halogens is 1. The Labute approximate surface area is 196 Å². The number of hydrogen-bond acceptors (Lipinski definition) is 4. The molecule has 6 nitrogen and oxygen atoms in total. The summed E-state index contributed by atoms with van der Waals surface area (Å²) in [5.41, 5.74) is 1.48. The van der Waals surface area contributed by atoms with Crippen LogP contribution in [0.25, 0.3) is 0 Å². The van der Waals surface area contributed by atoms with E-state index >= 15 is 0 Å². The molecular formula is C23H23IN2O4S. The molecule has 0 heterocycles. The van der Waals surface area contributed by atoms with E-state index in [1.165, 1.54) is 12.1 Å². The number of anilines is 1. The molecule has 0 aliphatic rings. The van der Waals surface area contributed by atoms with E-state index in [1.807, 2.05) is 30.3 Å². The summed E-state index contributed by atoms with van der Waals surface area (Å²) in [6.07, 6.45) is 0. The zero-order valence-electron chi connectivity index (χ0n) is 16.8. The highest BCUT2D eigenvalue weighted by molar-refractivity contribution is 14.1. The highest BCUT2D eigenvalue weighted by Gasteiger charge is 2.26. The van der Waals surface area contributed by atoms with Crippen molar-refractivity contribution in [1.29, 1.82) is 0 Å². The molecule has 0 fully saturated rings. The third-order valence-corrected chi connectivity index (χ3v) is 6.92. The standard InChI is InChI=1S/C23H23IN2O4S/c24-20-11-13-21(14-12-20)26(31(28,29)22-9-5-2-6-10-22)17-23(27)25-15-16-30-18-19-7-3-1-4-8-19/h1-14H,15-18H2,(H,25,27). The molecule has 0 bridgehead atoms. The second-order valence-electron chi connectivity index (χ2n) is 6.69. The van der Waals surface area contributed by atoms with E-state index in [-0.39, 0.29) is 18.0 Å². The molecule has 0 aliphatic carbocycles. The Kier molecular flexibility index (Phi) is 8.44. The maximum atomic E-state index is 13.2. The second-order valence-corrected chi connectivity index (χ2v) is 9.80. The van der Waals surface area contributed by atoms with Crippen LogP contribution in [0.2, 0.25) is 0 Å². The zero-order valence-corrected chi connectivity index (χ0v) is 19.8. The molecule has 1 N–H and O–H groups in total. The van der Waals surface area contributed by atoms with Crippen molar-refractivity contribution < 1.29 is 17.9 Å². The highest BCUT2D eigenvalue weighted by atomic mass is 127. The van der Waals surface area contributed by atoms with Gasteiger partial charge in [0.15, 0.2) is 0 Å². The predicted molar refractivity (Wildman–Crippen MR) is 129 cm³/mol. The lowest BCUT2D eigenvalue weighted by Crippen LogP contribution is -2.41.